The van der Waals surface area contributed by atoms with Crippen molar-refractivity contribution in [3.63, 3.8) is 0 Å². The fraction of sp³-hybridized carbons (Fsp3) is 0.556. The predicted octanol–water partition coefficient (Wildman–Crippen LogP) is 2.67. The predicted molar refractivity (Wildman–Crippen MR) is 81.3 cm³/mol. The molecule has 0 spiro atoms. The average molecular weight is 269 g/mol. The monoisotopic (exact) mass is 269 g/mol. The number of hydrogen-bond donors (Lipinski definition) is 1. The zero-order valence-corrected chi connectivity index (χ0v) is 12.0. The van der Waals surface area contributed by atoms with Crippen molar-refractivity contribution < 1.29 is 5.11 Å². The largest absolute Gasteiger partial charge is 0.390 e. The molecule has 106 valence electrons. The van der Waals surface area contributed by atoms with Crippen molar-refractivity contribution in [2.75, 3.05) is 19.6 Å². The minimum atomic E-state index is -0.373. The highest BCUT2D eigenvalue weighted by Crippen LogP contribution is 2.39. The molecular weight excluding hydrogens is 246 g/mol. The Labute approximate surface area is 121 Å². The van der Waals surface area contributed by atoms with Gasteiger partial charge >= 0.3 is 0 Å². The van der Waals surface area contributed by atoms with Crippen molar-refractivity contribution in [3.8, 4) is 11.8 Å². The van der Waals surface area contributed by atoms with Crippen LogP contribution < -0.4 is 0 Å². The van der Waals surface area contributed by atoms with Gasteiger partial charge in [0.2, 0.25) is 0 Å². The van der Waals surface area contributed by atoms with Gasteiger partial charge in [-0.05, 0) is 31.4 Å². The third-order valence-electron chi connectivity index (χ3n) is 4.82. The molecule has 2 heteroatoms. The second-order valence-corrected chi connectivity index (χ2v) is 6.20. The molecule has 3 rings (SSSR count). The lowest BCUT2D eigenvalue weighted by Crippen LogP contribution is -2.53. The first-order chi connectivity index (χ1) is 9.76. The molecule has 1 aromatic carbocycles. The number of benzene rings is 1. The number of aliphatic hydroxyl groups is 1. The fourth-order valence-corrected chi connectivity index (χ4v) is 3.56. The summed E-state index contributed by atoms with van der Waals surface area (Å²) in [6, 6.07) is 10.1. The summed E-state index contributed by atoms with van der Waals surface area (Å²) in [5.74, 6) is 6.95. The summed E-state index contributed by atoms with van der Waals surface area (Å²) in [6.07, 6.45) is 5.57. The summed E-state index contributed by atoms with van der Waals surface area (Å²) in [7, 11) is 0. The van der Waals surface area contributed by atoms with Gasteiger partial charge in [0, 0.05) is 24.6 Å². The van der Waals surface area contributed by atoms with E-state index >= 15 is 0 Å². The molecule has 1 aliphatic carbocycles. The average Bonchev–Trinajstić information content (AvgIpc) is 2.48. The van der Waals surface area contributed by atoms with Gasteiger partial charge in [0.25, 0.3) is 0 Å². The summed E-state index contributed by atoms with van der Waals surface area (Å²) in [5.41, 5.74) is 0.709. The number of piperidine rings is 1. The first-order valence-electron chi connectivity index (χ1n) is 7.75. The van der Waals surface area contributed by atoms with E-state index in [2.05, 4.69) is 16.7 Å². The molecule has 2 atom stereocenters. The van der Waals surface area contributed by atoms with Gasteiger partial charge < -0.3 is 5.11 Å². The Morgan fingerprint density at radius 1 is 1.20 bits per heavy atom. The van der Waals surface area contributed by atoms with Gasteiger partial charge in [-0.15, -0.1) is 0 Å². The molecule has 2 nitrogen and oxygen atoms in total. The molecule has 2 unspecified atom stereocenters. The quantitative estimate of drug-likeness (QED) is 0.792. The molecule has 1 N–H and O–H groups in total. The SMILES string of the molecule is OC12CCCCC1CN(CC#Cc1ccccc1)CC2. The molecule has 1 saturated heterocycles. The molecule has 1 aromatic rings. The van der Waals surface area contributed by atoms with E-state index in [9.17, 15) is 5.11 Å². The van der Waals surface area contributed by atoms with E-state index < -0.39 is 0 Å². The Balaban J connectivity index is 1.56. The van der Waals surface area contributed by atoms with Crippen LogP contribution in [0, 0.1) is 17.8 Å². The Kier molecular flexibility index (Phi) is 4.10. The van der Waals surface area contributed by atoms with Gasteiger partial charge in [-0.1, -0.05) is 42.9 Å². The molecule has 1 aliphatic heterocycles. The molecule has 2 aliphatic rings. The van der Waals surface area contributed by atoms with Crippen LogP contribution >= 0.6 is 0 Å². The number of hydrogen-bond acceptors (Lipinski definition) is 2. The number of nitrogens with zero attached hydrogens (tertiary/aromatic N) is 1. The zero-order valence-electron chi connectivity index (χ0n) is 12.0. The second-order valence-electron chi connectivity index (χ2n) is 6.20. The van der Waals surface area contributed by atoms with Crippen LogP contribution in [0.15, 0.2) is 30.3 Å². The van der Waals surface area contributed by atoms with Crippen LogP contribution in [-0.4, -0.2) is 35.2 Å². The third-order valence-corrected chi connectivity index (χ3v) is 4.82. The minimum absolute atomic E-state index is 0.373. The molecule has 2 fully saturated rings. The number of likely N-dealkylation sites (tertiary alicyclic amines) is 1. The van der Waals surface area contributed by atoms with Crippen molar-refractivity contribution in [2.45, 2.75) is 37.7 Å². The van der Waals surface area contributed by atoms with Crippen molar-refractivity contribution in [1.82, 2.24) is 4.90 Å². The topological polar surface area (TPSA) is 23.5 Å². The fourth-order valence-electron chi connectivity index (χ4n) is 3.56. The highest BCUT2D eigenvalue weighted by molar-refractivity contribution is 5.33. The lowest BCUT2D eigenvalue weighted by atomic mass is 9.71. The normalized spacial score (nSPS) is 30.1. The number of fused-ring (bicyclic) bond motifs is 1. The van der Waals surface area contributed by atoms with E-state index in [1.807, 2.05) is 30.3 Å². The smallest absolute Gasteiger partial charge is 0.0700 e. The summed E-state index contributed by atoms with van der Waals surface area (Å²) in [4.78, 5) is 2.40. The van der Waals surface area contributed by atoms with Crippen molar-refractivity contribution >= 4 is 0 Å². The summed E-state index contributed by atoms with van der Waals surface area (Å²) in [6.45, 7) is 2.82. The van der Waals surface area contributed by atoms with Gasteiger partial charge in [-0.3, -0.25) is 4.90 Å². The molecule has 1 heterocycles. The van der Waals surface area contributed by atoms with E-state index in [0.29, 0.717) is 5.92 Å². The summed E-state index contributed by atoms with van der Waals surface area (Å²) >= 11 is 0. The minimum Gasteiger partial charge on any atom is -0.390 e. The van der Waals surface area contributed by atoms with Gasteiger partial charge in [-0.25, -0.2) is 0 Å². The van der Waals surface area contributed by atoms with Gasteiger partial charge in [0.05, 0.1) is 12.1 Å². The molecule has 0 bridgehead atoms. The summed E-state index contributed by atoms with van der Waals surface area (Å²) in [5, 5.41) is 10.6. The number of rotatable bonds is 1. The van der Waals surface area contributed by atoms with Crippen LogP contribution in [0.3, 0.4) is 0 Å². The maximum Gasteiger partial charge on any atom is 0.0700 e. The van der Waals surface area contributed by atoms with Gasteiger partial charge in [-0.2, -0.15) is 0 Å². The van der Waals surface area contributed by atoms with E-state index in [1.165, 1.54) is 19.3 Å². The van der Waals surface area contributed by atoms with Crippen molar-refractivity contribution in [2.24, 2.45) is 5.92 Å². The summed E-state index contributed by atoms with van der Waals surface area (Å²) < 4.78 is 0. The first kappa shape index (κ1) is 13.7. The lowest BCUT2D eigenvalue weighted by molar-refractivity contribution is -0.0930. The Hall–Kier alpha value is -1.30. The third kappa shape index (κ3) is 3.06. The van der Waals surface area contributed by atoms with Gasteiger partial charge in [0.1, 0.15) is 0 Å². The molecule has 1 saturated carbocycles. The Bertz CT molecular complexity index is 501. The Morgan fingerprint density at radius 3 is 2.90 bits per heavy atom. The maximum atomic E-state index is 10.6. The van der Waals surface area contributed by atoms with Crippen LogP contribution in [0.25, 0.3) is 0 Å². The highest BCUT2D eigenvalue weighted by atomic mass is 16.3. The van der Waals surface area contributed by atoms with Crippen molar-refractivity contribution in [3.05, 3.63) is 35.9 Å². The van der Waals surface area contributed by atoms with E-state index in [0.717, 1.165) is 38.0 Å². The standard InChI is InChI=1S/C18H23NO/c20-18-11-5-4-10-17(18)15-19(14-12-18)13-6-9-16-7-2-1-3-8-16/h1-3,7-8,17,20H,4-5,10-15H2. The molecule has 0 aromatic heterocycles. The second kappa shape index (κ2) is 5.99. The van der Waals surface area contributed by atoms with Gasteiger partial charge in [0.15, 0.2) is 0 Å². The van der Waals surface area contributed by atoms with Crippen LogP contribution in [-0.2, 0) is 0 Å². The molecular formula is C18H23NO. The van der Waals surface area contributed by atoms with Crippen molar-refractivity contribution in [1.29, 1.82) is 0 Å². The van der Waals surface area contributed by atoms with Crippen LogP contribution in [0.1, 0.15) is 37.7 Å². The van der Waals surface area contributed by atoms with Crippen LogP contribution in [0.5, 0.6) is 0 Å². The van der Waals surface area contributed by atoms with E-state index in [-0.39, 0.29) is 5.60 Å². The highest BCUT2D eigenvalue weighted by Gasteiger charge is 2.42. The lowest BCUT2D eigenvalue weighted by Gasteiger charge is -2.47. The molecule has 0 radical (unpaired) electrons. The van der Waals surface area contributed by atoms with E-state index in [1.54, 1.807) is 0 Å². The van der Waals surface area contributed by atoms with Crippen LogP contribution in [0.2, 0.25) is 0 Å². The molecule has 0 amide bonds. The molecule has 20 heavy (non-hydrogen) atoms. The Morgan fingerprint density at radius 2 is 2.05 bits per heavy atom. The maximum absolute atomic E-state index is 10.6. The zero-order chi connectivity index (χ0) is 13.8. The van der Waals surface area contributed by atoms with Crippen LogP contribution in [0.4, 0.5) is 0 Å². The first-order valence-corrected chi connectivity index (χ1v) is 7.75. The van der Waals surface area contributed by atoms with E-state index in [4.69, 9.17) is 0 Å².